The quantitative estimate of drug-likeness (QED) is 0.459. The maximum absolute atomic E-state index is 13.0. The first-order valence-corrected chi connectivity index (χ1v) is 8.62. The van der Waals surface area contributed by atoms with Crippen LogP contribution in [0.3, 0.4) is 0 Å². The van der Waals surface area contributed by atoms with Crippen LogP contribution in [0.25, 0.3) is 5.57 Å². The van der Waals surface area contributed by atoms with E-state index in [1.165, 1.54) is 7.11 Å². The standard InChI is InChI=1S/C19H16BrNO3/c1-24-19(23)15(11-20)17-14-9-5-6-10-16(14)21(18(17)22)12-13-7-3-2-4-8-13/h2-10H,11-12H2,1H3. The fourth-order valence-electron chi connectivity index (χ4n) is 2.84. The van der Waals surface area contributed by atoms with Gasteiger partial charge in [-0.3, -0.25) is 4.79 Å². The van der Waals surface area contributed by atoms with Crippen LogP contribution >= 0.6 is 15.9 Å². The van der Waals surface area contributed by atoms with Crippen molar-refractivity contribution in [3.05, 3.63) is 71.3 Å². The molecule has 0 aliphatic carbocycles. The van der Waals surface area contributed by atoms with Crippen molar-refractivity contribution in [2.45, 2.75) is 6.54 Å². The minimum atomic E-state index is -0.494. The topological polar surface area (TPSA) is 46.6 Å². The summed E-state index contributed by atoms with van der Waals surface area (Å²) >= 11 is 3.30. The highest BCUT2D eigenvalue weighted by molar-refractivity contribution is 9.09. The van der Waals surface area contributed by atoms with Crippen LogP contribution in [0.4, 0.5) is 5.69 Å². The molecular formula is C19H16BrNO3. The number of halogens is 1. The molecular weight excluding hydrogens is 370 g/mol. The summed E-state index contributed by atoms with van der Waals surface area (Å²) in [6.45, 7) is 0.455. The number of hydrogen-bond acceptors (Lipinski definition) is 3. The third-order valence-electron chi connectivity index (χ3n) is 3.97. The number of amides is 1. The largest absolute Gasteiger partial charge is 0.466 e. The first-order valence-electron chi connectivity index (χ1n) is 7.50. The summed E-state index contributed by atoms with van der Waals surface area (Å²) in [5.74, 6) is -0.675. The molecule has 2 aromatic carbocycles. The molecule has 2 aromatic rings. The molecule has 0 atom stereocenters. The van der Waals surface area contributed by atoms with E-state index in [2.05, 4.69) is 15.9 Å². The van der Waals surface area contributed by atoms with Gasteiger partial charge in [-0.2, -0.15) is 0 Å². The number of methoxy groups -OCH3 is 1. The number of rotatable bonds is 4. The average Bonchev–Trinajstić information content (AvgIpc) is 2.89. The van der Waals surface area contributed by atoms with E-state index in [0.29, 0.717) is 17.7 Å². The Labute approximate surface area is 148 Å². The van der Waals surface area contributed by atoms with E-state index < -0.39 is 5.97 Å². The molecule has 0 unspecified atom stereocenters. The Kier molecular flexibility index (Phi) is 4.81. The first-order chi connectivity index (χ1) is 11.7. The molecule has 24 heavy (non-hydrogen) atoms. The number of hydrogen-bond donors (Lipinski definition) is 0. The molecule has 0 N–H and O–H groups in total. The van der Waals surface area contributed by atoms with Gasteiger partial charge in [0.25, 0.3) is 5.91 Å². The Morgan fingerprint density at radius 1 is 1.08 bits per heavy atom. The van der Waals surface area contributed by atoms with Crippen LogP contribution in [-0.2, 0) is 20.9 Å². The van der Waals surface area contributed by atoms with E-state index >= 15 is 0 Å². The smallest absolute Gasteiger partial charge is 0.335 e. The van der Waals surface area contributed by atoms with Crippen LogP contribution < -0.4 is 4.90 Å². The molecule has 0 saturated heterocycles. The molecule has 0 radical (unpaired) electrons. The number of ether oxygens (including phenoxy) is 1. The molecule has 0 saturated carbocycles. The third kappa shape index (κ3) is 2.87. The van der Waals surface area contributed by atoms with Gasteiger partial charge in [0.05, 0.1) is 30.5 Å². The summed E-state index contributed by atoms with van der Waals surface area (Å²) in [5.41, 5.74) is 3.35. The van der Waals surface area contributed by atoms with Gasteiger partial charge in [0.1, 0.15) is 0 Å². The van der Waals surface area contributed by atoms with Crippen molar-refractivity contribution >= 4 is 39.1 Å². The molecule has 1 aliphatic rings. The SMILES string of the molecule is COC(=O)C(CBr)=C1C(=O)N(Cc2ccccc2)c2ccccc21. The molecule has 1 heterocycles. The summed E-state index contributed by atoms with van der Waals surface area (Å²) in [6.07, 6.45) is 0. The zero-order valence-corrected chi connectivity index (χ0v) is 14.7. The molecule has 122 valence electrons. The number of esters is 1. The normalized spacial score (nSPS) is 15.2. The highest BCUT2D eigenvalue weighted by Crippen LogP contribution is 2.39. The highest BCUT2D eigenvalue weighted by atomic mass is 79.9. The number of benzene rings is 2. The van der Waals surface area contributed by atoms with Crippen LogP contribution in [0.15, 0.2) is 60.2 Å². The van der Waals surface area contributed by atoms with Gasteiger partial charge in [-0.05, 0) is 11.6 Å². The van der Waals surface area contributed by atoms with E-state index in [9.17, 15) is 9.59 Å². The monoisotopic (exact) mass is 385 g/mol. The number of alkyl halides is 1. The Morgan fingerprint density at radius 2 is 1.75 bits per heavy atom. The zero-order valence-electron chi connectivity index (χ0n) is 13.2. The van der Waals surface area contributed by atoms with E-state index in [1.807, 2.05) is 54.6 Å². The Hall–Kier alpha value is -2.40. The lowest BCUT2D eigenvalue weighted by Crippen LogP contribution is -2.26. The average molecular weight is 386 g/mol. The number of carbonyl (C=O) groups is 2. The minimum absolute atomic E-state index is 0.181. The van der Waals surface area contributed by atoms with Crippen LogP contribution in [-0.4, -0.2) is 24.3 Å². The second kappa shape index (κ2) is 7.01. The predicted molar refractivity (Wildman–Crippen MR) is 96.8 cm³/mol. The van der Waals surface area contributed by atoms with Gasteiger partial charge < -0.3 is 9.64 Å². The van der Waals surface area contributed by atoms with Crippen LogP contribution in [0, 0.1) is 0 Å². The highest BCUT2D eigenvalue weighted by Gasteiger charge is 2.35. The molecule has 1 aliphatic heterocycles. The van der Waals surface area contributed by atoms with Crippen LogP contribution in [0.2, 0.25) is 0 Å². The summed E-state index contributed by atoms with van der Waals surface area (Å²) < 4.78 is 4.83. The van der Waals surface area contributed by atoms with Crippen molar-refractivity contribution in [2.24, 2.45) is 0 Å². The number of nitrogens with zero attached hydrogens (tertiary/aromatic N) is 1. The van der Waals surface area contributed by atoms with Crippen molar-refractivity contribution in [1.82, 2.24) is 0 Å². The summed E-state index contributed by atoms with van der Waals surface area (Å²) in [4.78, 5) is 26.8. The number of carbonyl (C=O) groups excluding carboxylic acids is 2. The van der Waals surface area contributed by atoms with E-state index in [0.717, 1.165) is 16.8 Å². The predicted octanol–water partition coefficient (Wildman–Crippen LogP) is 3.55. The lowest BCUT2D eigenvalue weighted by Gasteiger charge is -2.17. The summed E-state index contributed by atoms with van der Waals surface area (Å²) in [7, 11) is 1.32. The molecule has 0 bridgehead atoms. The van der Waals surface area contributed by atoms with Gasteiger partial charge in [-0.15, -0.1) is 0 Å². The number of para-hydroxylation sites is 1. The molecule has 0 aromatic heterocycles. The third-order valence-corrected chi connectivity index (χ3v) is 4.53. The zero-order chi connectivity index (χ0) is 17.1. The second-order valence-electron chi connectivity index (χ2n) is 5.37. The molecule has 3 rings (SSSR count). The lowest BCUT2D eigenvalue weighted by molar-refractivity contribution is -0.136. The first kappa shape index (κ1) is 16.5. The van der Waals surface area contributed by atoms with Gasteiger partial charge >= 0.3 is 5.97 Å². The second-order valence-corrected chi connectivity index (χ2v) is 5.93. The van der Waals surface area contributed by atoms with Gasteiger partial charge in [-0.1, -0.05) is 64.5 Å². The number of fused-ring (bicyclic) bond motifs is 1. The van der Waals surface area contributed by atoms with Gasteiger partial charge in [0, 0.05) is 10.9 Å². The van der Waals surface area contributed by atoms with Gasteiger partial charge in [0.15, 0.2) is 0 Å². The maximum atomic E-state index is 13.0. The van der Waals surface area contributed by atoms with E-state index in [-0.39, 0.29) is 11.2 Å². The maximum Gasteiger partial charge on any atom is 0.335 e. The molecule has 0 fully saturated rings. The van der Waals surface area contributed by atoms with E-state index in [4.69, 9.17) is 4.74 Å². The van der Waals surface area contributed by atoms with Crippen molar-refractivity contribution in [3.8, 4) is 0 Å². The van der Waals surface area contributed by atoms with Crippen LogP contribution in [0.5, 0.6) is 0 Å². The lowest BCUT2D eigenvalue weighted by atomic mass is 10.0. The van der Waals surface area contributed by atoms with Crippen molar-refractivity contribution in [2.75, 3.05) is 17.3 Å². The van der Waals surface area contributed by atoms with Gasteiger partial charge in [0.2, 0.25) is 0 Å². The summed E-state index contributed by atoms with van der Waals surface area (Å²) in [5, 5.41) is 0.258. The Balaban J connectivity index is 2.10. The van der Waals surface area contributed by atoms with E-state index in [1.54, 1.807) is 4.90 Å². The fourth-order valence-corrected chi connectivity index (χ4v) is 3.35. The van der Waals surface area contributed by atoms with Crippen molar-refractivity contribution in [3.63, 3.8) is 0 Å². The summed E-state index contributed by atoms with van der Waals surface area (Å²) in [6, 6.07) is 17.3. The fraction of sp³-hybridized carbons (Fsp3) is 0.158. The Morgan fingerprint density at radius 3 is 2.42 bits per heavy atom. The van der Waals surface area contributed by atoms with Crippen molar-refractivity contribution < 1.29 is 14.3 Å². The minimum Gasteiger partial charge on any atom is -0.466 e. The number of anilines is 1. The molecule has 1 amide bonds. The van der Waals surface area contributed by atoms with Crippen molar-refractivity contribution in [1.29, 1.82) is 0 Å². The molecule has 0 spiro atoms. The molecule has 4 nitrogen and oxygen atoms in total. The van der Waals surface area contributed by atoms with Crippen LogP contribution in [0.1, 0.15) is 11.1 Å². The van der Waals surface area contributed by atoms with Gasteiger partial charge in [-0.25, -0.2) is 4.79 Å². The Bertz CT molecular complexity index is 814. The molecule has 5 heteroatoms.